The van der Waals surface area contributed by atoms with Crippen molar-refractivity contribution in [3.05, 3.63) is 32.6 Å². The SMILES string of the molecule is CCC(C)(OP(=O)(O)C(O)(CC)CC)C(C)CO[C@@H](c1c[nH]c(=O)[nH]c1=O)[C@H](O)CO. The van der Waals surface area contributed by atoms with Gasteiger partial charge in [-0.2, -0.15) is 0 Å². The summed E-state index contributed by atoms with van der Waals surface area (Å²) in [6, 6.07) is 0. The highest BCUT2D eigenvalue weighted by Gasteiger charge is 2.49. The minimum Gasteiger partial charge on any atom is -0.394 e. The number of aliphatic hydroxyl groups excluding tert-OH is 2. The molecule has 0 saturated carbocycles. The van der Waals surface area contributed by atoms with Gasteiger partial charge in [0.1, 0.15) is 12.2 Å². The average Bonchev–Trinajstić information content (AvgIpc) is 2.73. The number of ether oxygens (including phenoxy) is 1. The molecule has 1 rings (SSSR count). The van der Waals surface area contributed by atoms with E-state index in [0.717, 1.165) is 6.20 Å². The van der Waals surface area contributed by atoms with Crippen LogP contribution in [0.25, 0.3) is 0 Å². The molecule has 3 unspecified atom stereocenters. The molecule has 0 radical (unpaired) electrons. The van der Waals surface area contributed by atoms with Gasteiger partial charge < -0.3 is 29.9 Å². The van der Waals surface area contributed by atoms with Crippen LogP contribution in [0.15, 0.2) is 15.8 Å². The zero-order chi connectivity index (χ0) is 24.0. The number of aliphatic hydroxyl groups is 3. The summed E-state index contributed by atoms with van der Waals surface area (Å²) in [4.78, 5) is 38.1. The summed E-state index contributed by atoms with van der Waals surface area (Å²) in [6.45, 7) is 7.41. The van der Waals surface area contributed by atoms with Crippen LogP contribution in [0.4, 0.5) is 0 Å². The number of nitrogens with one attached hydrogen (secondary N) is 2. The summed E-state index contributed by atoms with van der Waals surface area (Å²) in [5.41, 5.74) is -2.79. The van der Waals surface area contributed by atoms with Crippen molar-refractivity contribution in [1.29, 1.82) is 0 Å². The third kappa shape index (κ3) is 6.35. The lowest BCUT2D eigenvalue weighted by Gasteiger charge is -2.40. The Bertz CT molecular complexity index is 866. The second-order valence-electron chi connectivity index (χ2n) is 7.90. The van der Waals surface area contributed by atoms with Crippen molar-refractivity contribution in [3.63, 3.8) is 0 Å². The molecule has 180 valence electrons. The number of hydrogen-bond acceptors (Lipinski definition) is 8. The standard InChI is InChI=1S/C19H35N2O9P/c1-6-18(5,30-31(27,28)19(26,7-2)8-3)12(4)11-29-15(14(23)10-22)13-9-20-17(25)21-16(13)24/h9,12,14-15,22-23,26H,6-8,10-11H2,1-5H3,(H,27,28)(H2,20,21,24,25)/t12?,14-,15+,18?/m1/s1. The highest BCUT2D eigenvalue weighted by Crippen LogP contribution is 2.60. The van der Waals surface area contributed by atoms with Crippen LogP contribution >= 0.6 is 7.60 Å². The fourth-order valence-electron chi connectivity index (χ4n) is 3.08. The number of rotatable bonds is 13. The van der Waals surface area contributed by atoms with Crippen LogP contribution < -0.4 is 11.2 Å². The molecule has 1 aromatic rings. The van der Waals surface area contributed by atoms with Gasteiger partial charge in [-0.25, -0.2) is 4.79 Å². The second-order valence-corrected chi connectivity index (χ2v) is 9.96. The average molecular weight is 466 g/mol. The lowest BCUT2D eigenvalue weighted by atomic mass is 9.89. The Hall–Kier alpha value is -1.33. The molecule has 0 bridgehead atoms. The molecule has 0 fully saturated rings. The van der Waals surface area contributed by atoms with Gasteiger partial charge in [0, 0.05) is 12.1 Å². The van der Waals surface area contributed by atoms with Crippen molar-refractivity contribution in [1.82, 2.24) is 9.97 Å². The van der Waals surface area contributed by atoms with Gasteiger partial charge in [0.25, 0.3) is 5.56 Å². The highest BCUT2D eigenvalue weighted by molar-refractivity contribution is 7.54. The summed E-state index contributed by atoms with van der Waals surface area (Å²) < 4.78 is 24.2. The van der Waals surface area contributed by atoms with Gasteiger partial charge >= 0.3 is 13.3 Å². The molecule has 0 spiro atoms. The third-order valence-electron chi connectivity index (χ3n) is 5.95. The monoisotopic (exact) mass is 466 g/mol. The van der Waals surface area contributed by atoms with Crippen LogP contribution in [-0.4, -0.2) is 60.4 Å². The summed E-state index contributed by atoms with van der Waals surface area (Å²) in [5, 5.41) is 28.1. The topological polar surface area (TPSA) is 182 Å². The minimum absolute atomic E-state index is 0.0295. The van der Waals surface area contributed by atoms with E-state index in [1.165, 1.54) is 0 Å². The fraction of sp³-hybridized carbons (Fsp3) is 0.789. The van der Waals surface area contributed by atoms with E-state index in [9.17, 15) is 34.4 Å². The molecule has 11 nitrogen and oxygen atoms in total. The smallest absolute Gasteiger partial charge is 0.359 e. The van der Waals surface area contributed by atoms with Crippen molar-refractivity contribution in [2.24, 2.45) is 5.92 Å². The maximum absolute atomic E-state index is 12.9. The van der Waals surface area contributed by atoms with E-state index in [-0.39, 0.29) is 25.0 Å². The summed E-state index contributed by atoms with van der Waals surface area (Å²) in [5.74, 6) is -0.522. The lowest BCUT2D eigenvalue weighted by molar-refractivity contribution is -0.0968. The van der Waals surface area contributed by atoms with Crippen LogP contribution in [0.3, 0.4) is 0 Å². The van der Waals surface area contributed by atoms with Gasteiger partial charge in [-0.05, 0) is 26.2 Å². The Balaban J connectivity index is 3.10. The second kappa shape index (κ2) is 11.0. The molecule has 0 aliphatic carbocycles. The molecule has 0 aromatic carbocycles. The van der Waals surface area contributed by atoms with E-state index in [1.54, 1.807) is 34.6 Å². The van der Waals surface area contributed by atoms with Gasteiger partial charge in [0.15, 0.2) is 5.34 Å². The van der Waals surface area contributed by atoms with Crippen molar-refractivity contribution in [3.8, 4) is 0 Å². The maximum Gasteiger partial charge on any atom is 0.359 e. The van der Waals surface area contributed by atoms with Crippen LogP contribution in [0.1, 0.15) is 65.5 Å². The van der Waals surface area contributed by atoms with Crippen LogP contribution in [0, 0.1) is 5.92 Å². The number of hydrogen-bond donors (Lipinski definition) is 6. The zero-order valence-electron chi connectivity index (χ0n) is 18.6. The summed E-state index contributed by atoms with van der Waals surface area (Å²) in [6.07, 6.45) is -1.27. The molecular weight excluding hydrogens is 431 g/mol. The molecule has 1 heterocycles. The first-order valence-corrected chi connectivity index (χ1v) is 11.9. The minimum atomic E-state index is -4.43. The molecule has 31 heavy (non-hydrogen) atoms. The molecule has 0 saturated heterocycles. The Kier molecular flexibility index (Phi) is 9.83. The van der Waals surface area contributed by atoms with E-state index in [1.807, 2.05) is 4.98 Å². The first-order chi connectivity index (χ1) is 14.3. The Morgan fingerprint density at radius 1 is 1.19 bits per heavy atom. The quantitative estimate of drug-likeness (QED) is 0.231. The van der Waals surface area contributed by atoms with Gasteiger partial charge in [-0.3, -0.25) is 18.9 Å². The molecular formula is C19H35N2O9P. The Labute approximate surface area is 181 Å². The first kappa shape index (κ1) is 27.7. The number of aromatic amines is 2. The lowest BCUT2D eigenvalue weighted by Crippen LogP contribution is -2.42. The fourth-order valence-corrected chi connectivity index (χ4v) is 4.92. The van der Waals surface area contributed by atoms with Crippen LogP contribution in [-0.2, 0) is 13.8 Å². The van der Waals surface area contributed by atoms with Crippen molar-refractivity contribution < 1.29 is 34.0 Å². The Morgan fingerprint density at radius 2 is 1.77 bits per heavy atom. The zero-order valence-corrected chi connectivity index (χ0v) is 19.5. The van der Waals surface area contributed by atoms with E-state index in [0.29, 0.717) is 6.42 Å². The predicted molar refractivity (Wildman–Crippen MR) is 114 cm³/mol. The third-order valence-corrected chi connectivity index (χ3v) is 8.30. The highest BCUT2D eigenvalue weighted by atomic mass is 31.2. The van der Waals surface area contributed by atoms with E-state index in [2.05, 4.69) is 4.98 Å². The maximum atomic E-state index is 12.9. The van der Waals surface area contributed by atoms with Crippen molar-refractivity contribution >= 4 is 7.60 Å². The number of aromatic nitrogens is 2. The van der Waals surface area contributed by atoms with E-state index >= 15 is 0 Å². The molecule has 0 aliphatic rings. The number of H-pyrrole nitrogens is 2. The molecule has 0 amide bonds. The normalized spacial score (nSPS) is 19.3. The van der Waals surface area contributed by atoms with Gasteiger partial charge in [0.05, 0.1) is 24.4 Å². The van der Waals surface area contributed by atoms with E-state index in [4.69, 9.17) is 9.26 Å². The van der Waals surface area contributed by atoms with E-state index < -0.39 is 54.5 Å². The molecule has 0 aliphatic heterocycles. The van der Waals surface area contributed by atoms with Crippen LogP contribution in [0.5, 0.6) is 0 Å². The summed E-state index contributed by atoms with van der Waals surface area (Å²) in [7, 11) is -4.43. The van der Waals surface area contributed by atoms with Gasteiger partial charge in [0.2, 0.25) is 0 Å². The molecule has 1 aromatic heterocycles. The van der Waals surface area contributed by atoms with Gasteiger partial charge in [-0.15, -0.1) is 0 Å². The summed E-state index contributed by atoms with van der Waals surface area (Å²) >= 11 is 0. The van der Waals surface area contributed by atoms with Crippen molar-refractivity contribution in [2.75, 3.05) is 13.2 Å². The molecule has 12 heteroatoms. The van der Waals surface area contributed by atoms with Crippen molar-refractivity contribution in [2.45, 2.75) is 77.0 Å². The Morgan fingerprint density at radius 3 is 2.23 bits per heavy atom. The molecule has 6 N–H and O–H groups in total. The largest absolute Gasteiger partial charge is 0.394 e. The first-order valence-electron chi connectivity index (χ1n) is 10.3. The molecule has 5 atom stereocenters. The van der Waals surface area contributed by atoms with Gasteiger partial charge in [-0.1, -0.05) is 27.7 Å². The predicted octanol–water partition coefficient (Wildman–Crippen LogP) is 0.989. The van der Waals surface area contributed by atoms with Crippen LogP contribution in [0.2, 0.25) is 0 Å².